The van der Waals surface area contributed by atoms with Gasteiger partial charge in [-0.1, -0.05) is 42.3 Å². The number of benzene rings is 2. The van der Waals surface area contributed by atoms with Crippen molar-refractivity contribution in [1.29, 1.82) is 0 Å². The van der Waals surface area contributed by atoms with Crippen LogP contribution in [-0.2, 0) is 13.0 Å². The lowest BCUT2D eigenvalue weighted by molar-refractivity contribution is 0.0999. The van der Waals surface area contributed by atoms with Crippen molar-refractivity contribution in [3.8, 4) is 0 Å². The number of nitrogens with one attached hydrogen (secondary N) is 2. The third-order valence-corrected chi connectivity index (χ3v) is 7.93. The molecule has 3 aromatic rings. The fourth-order valence-electron chi connectivity index (χ4n) is 4.63. The summed E-state index contributed by atoms with van der Waals surface area (Å²) in [6, 6.07) is 10.7. The van der Waals surface area contributed by atoms with Crippen LogP contribution in [0.5, 0.6) is 0 Å². The largest absolute Gasteiger partial charge is 0.365 e. The fraction of sp³-hybridized carbons (Fsp3) is 0.333. The van der Waals surface area contributed by atoms with Crippen LogP contribution >= 0.6 is 35.3 Å². The molecule has 1 aliphatic heterocycles. The van der Waals surface area contributed by atoms with E-state index in [9.17, 15) is 9.59 Å². The van der Waals surface area contributed by atoms with Crippen LogP contribution in [0.15, 0.2) is 36.4 Å². The minimum absolute atomic E-state index is 0. The molecule has 174 valence electrons. The van der Waals surface area contributed by atoms with E-state index in [4.69, 9.17) is 17.3 Å². The first kappa shape index (κ1) is 23.8. The van der Waals surface area contributed by atoms with Gasteiger partial charge >= 0.3 is 6.03 Å². The number of thiophene rings is 1. The van der Waals surface area contributed by atoms with Crippen LogP contribution in [0.1, 0.15) is 40.1 Å². The van der Waals surface area contributed by atoms with Gasteiger partial charge in [-0.2, -0.15) is 0 Å². The molecular weight excluding hydrogens is 479 g/mol. The molecule has 0 radical (unpaired) electrons. The highest BCUT2D eigenvalue weighted by Gasteiger charge is 2.29. The third kappa shape index (κ3) is 4.82. The lowest BCUT2D eigenvalue weighted by Crippen LogP contribution is -2.36. The Kier molecular flexibility index (Phi) is 7.14. The molecular formula is C24H26Cl2N4O2S. The van der Waals surface area contributed by atoms with Crippen molar-refractivity contribution in [2.45, 2.75) is 32.2 Å². The van der Waals surface area contributed by atoms with Crippen molar-refractivity contribution < 1.29 is 9.59 Å². The van der Waals surface area contributed by atoms with E-state index in [-0.39, 0.29) is 12.4 Å². The van der Waals surface area contributed by atoms with Crippen LogP contribution in [0.2, 0.25) is 5.02 Å². The quantitative estimate of drug-likeness (QED) is 0.405. The normalized spacial score (nSPS) is 15.9. The second-order valence-corrected chi connectivity index (χ2v) is 10.1. The van der Waals surface area contributed by atoms with Crippen molar-refractivity contribution >= 4 is 68.7 Å². The lowest BCUT2D eigenvalue weighted by Gasteiger charge is -2.34. The Morgan fingerprint density at radius 3 is 2.58 bits per heavy atom. The van der Waals surface area contributed by atoms with E-state index in [2.05, 4.69) is 15.5 Å². The summed E-state index contributed by atoms with van der Waals surface area (Å²) in [4.78, 5) is 28.7. The zero-order chi connectivity index (χ0) is 22.2. The van der Waals surface area contributed by atoms with Gasteiger partial charge in [0.2, 0.25) is 0 Å². The summed E-state index contributed by atoms with van der Waals surface area (Å²) < 4.78 is 0. The second kappa shape index (κ2) is 9.89. The molecule has 0 saturated heterocycles. The van der Waals surface area contributed by atoms with Gasteiger partial charge in [0, 0.05) is 40.3 Å². The topological polar surface area (TPSA) is 87.5 Å². The minimum atomic E-state index is -0.498. The first-order chi connectivity index (χ1) is 15.5. The van der Waals surface area contributed by atoms with Crippen LogP contribution in [-0.4, -0.2) is 29.9 Å². The van der Waals surface area contributed by atoms with E-state index in [1.165, 1.54) is 30.6 Å². The second-order valence-electron chi connectivity index (χ2n) is 8.57. The zero-order valence-corrected chi connectivity index (χ0v) is 20.4. The van der Waals surface area contributed by atoms with Gasteiger partial charge in [0.05, 0.1) is 11.3 Å². The number of nitrogens with two attached hydrogens (primary N) is 1. The highest BCUT2D eigenvalue weighted by molar-refractivity contribution is 7.17. The number of urea groups is 1. The Hall–Kier alpha value is -2.32. The minimum Gasteiger partial charge on any atom is -0.365 e. The average Bonchev–Trinajstić information content (AvgIpc) is 3.10. The summed E-state index contributed by atoms with van der Waals surface area (Å²) in [5.41, 5.74) is 7.80. The number of carbonyl (C=O) groups excluding carboxylic acids is 2. The van der Waals surface area contributed by atoms with Gasteiger partial charge in [-0.15, -0.1) is 23.7 Å². The molecule has 4 N–H and O–H groups in total. The SMILES string of the molecule is Cl.NC(=O)c1c(NC(=O)Nc2ccc(Cl)c3ccccc23)sc2c1CCN(CC1CCC1)C2. The van der Waals surface area contributed by atoms with Crippen molar-refractivity contribution in [3.05, 3.63) is 57.4 Å². The Morgan fingerprint density at radius 1 is 1.12 bits per heavy atom. The van der Waals surface area contributed by atoms with Crippen LogP contribution in [0, 0.1) is 5.92 Å². The van der Waals surface area contributed by atoms with E-state index in [0.717, 1.165) is 53.2 Å². The summed E-state index contributed by atoms with van der Waals surface area (Å²) in [5, 5.41) is 8.62. The van der Waals surface area contributed by atoms with Crippen molar-refractivity contribution in [3.63, 3.8) is 0 Å². The van der Waals surface area contributed by atoms with Crippen LogP contribution in [0.4, 0.5) is 15.5 Å². The molecule has 3 amide bonds. The Labute approximate surface area is 207 Å². The number of rotatable bonds is 5. The van der Waals surface area contributed by atoms with E-state index < -0.39 is 11.9 Å². The molecule has 9 heteroatoms. The third-order valence-electron chi connectivity index (χ3n) is 6.47. The number of anilines is 2. The molecule has 2 heterocycles. The number of carbonyl (C=O) groups is 2. The van der Waals surface area contributed by atoms with E-state index in [1.807, 2.05) is 24.3 Å². The van der Waals surface area contributed by atoms with Crippen LogP contribution in [0.3, 0.4) is 0 Å². The maximum Gasteiger partial charge on any atom is 0.324 e. The van der Waals surface area contributed by atoms with E-state index >= 15 is 0 Å². The molecule has 2 aromatic carbocycles. The molecule has 0 bridgehead atoms. The summed E-state index contributed by atoms with van der Waals surface area (Å²) in [5.74, 6) is 0.298. The number of primary amides is 1. The predicted octanol–water partition coefficient (Wildman–Crippen LogP) is 5.88. The first-order valence-corrected chi connectivity index (χ1v) is 12.1. The number of amides is 3. The van der Waals surface area contributed by atoms with Gasteiger partial charge in [-0.25, -0.2) is 4.79 Å². The zero-order valence-electron chi connectivity index (χ0n) is 18.0. The van der Waals surface area contributed by atoms with Gasteiger partial charge in [0.15, 0.2) is 0 Å². The fourth-order valence-corrected chi connectivity index (χ4v) is 6.15. The number of hydrogen-bond donors (Lipinski definition) is 3. The molecule has 33 heavy (non-hydrogen) atoms. The van der Waals surface area contributed by atoms with Crippen molar-refractivity contribution in [2.24, 2.45) is 11.7 Å². The molecule has 2 aliphatic rings. The standard InChI is InChI=1S/C24H25ClN4O2S.ClH/c25-18-8-9-19(16-7-2-1-6-15(16)18)27-24(31)28-23-21(22(26)30)17-10-11-29(13-20(17)32-23)12-14-4-3-5-14;/h1-2,6-9,14H,3-5,10-13H2,(H2,26,30)(H2,27,28,31);1H. The van der Waals surface area contributed by atoms with Crippen LogP contribution in [0.25, 0.3) is 10.8 Å². The van der Waals surface area contributed by atoms with Crippen molar-refractivity contribution in [2.75, 3.05) is 23.7 Å². The maximum absolute atomic E-state index is 12.8. The van der Waals surface area contributed by atoms with Crippen LogP contribution < -0.4 is 16.4 Å². The molecule has 1 saturated carbocycles. The molecule has 1 aromatic heterocycles. The molecule has 0 unspecified atom stereocenters. The Balaban J connectivity index is 0.00000259. The summed E-state index contributed by atoms with van der Waals surface area (Å²) in [7, 11) is 0. The highest BCUT2D eigenvalue weighted by Crippen LogP contribution is 2.38. The number of nitrogens with zero attached hydrogens (tertiary/aromatic N) is 1. The summed E-state index contributed by atoms with van der Waals surface area (Å²) in [6.07, 6.45) is 4.74. The maximum atomic E-state index is 12.8. The van der Waals surface area contributed by atoms with E-state index in [0.29, 0.717) is 21.3 Å². The number of fused-ring (bicyclic) bond motifs is 2. The molecule has 0 spiro atoms. The van der Waals surface area contributed by atoms with Gasteiger partial charge in [0.1, 0.15) is 5.00 Å². The Bertz CT molecular complexity index is 1210. The highest BCUT2D eigenvalue weighted by atomic mass is 35.5. The van der Waals surface area contributed by atoms with Gasteiger partial charge in [-0.05, 0) is 42.9 Å². The summed E-state index contributed by atoms with van der Waals surface area (Å²) >= 11 is 7.74. The van der Waals surface area contributed by atoms with Gasteiger partial charge in [-0.3, -0.25) is 15.0 Å². The molecule has 1 aliphatic carbocycles. The number of halogens is 2. The Morgan fingerprint density at radius 2 is 1.88 bits per heavy atom. The smallest absolute Gasteiger partial charge is 0.324 e. The predicted molar refractivity (Wildman–Crippen MR) is 138 cm³/mol. The van der Waals surface area contributed by atoms with E-state index in [1.54, 1.807) is 12.1 Å². The first-order valence-electron chi connectivity index (χ1n) is 10.9. The summed E-state index contributed by atoms with van der Waals surface area (Å²) in [6.45, 7) is 2.83. The lowest BCUT2D eigenvalue weighted by atomic mass is 9.85. The average molecular weight is 505 g/mol. The molecule has 1 fully saturated rings. The molecule has 5 rings (SSSR count). The monoisotopic (exact) mass is 504 g/mol. The van der Waals surface area contributed by atoms with Gasteiger partial charge < -0.3 is 11.1 Å². The van der Waals surface area contributed by atoms with Crippen molar-refractivity contribution in [1.82, 2.24) is 4.90 Å². The molecule has 0 atom stereocenters. The molecule has 6 nitrogen and oxygen atoms in total. The van der Waals surface area contributed by atoms with Gasteiger partial charge in [0.25, 0.3) is 5.91 Å². The number of hydrogen-bond acceptors (Lipinski definition) is 4.